The first-order valence-electron chi connectivity index (χ1n) is 10.5. The fraction of sp³-hybridized carbons (Fsp3) is 0.435. The van der Waals surface area contributed by atoms with Crippen molar-refractivity contribution < 1.29 is 9.53 Å². The molecule has 2 aliphatic rings. The maximum atomic E-state index is 12.9. The lowest BCUT2D eigenvalue weighted by Gasteiger charge is -2.21. The van der Waals surface area contributed by atoms with Crippen molar-refractivity contribution in [1.82, 2.24) is 19.4 Å². The number of ether oxygens (including phenoxy) is 1. The molecule has 2 aromatic heterocycles. The standard InChI is InChI=1S/C23H26N4O2/c1-29-19-10-8-16(9-11-19)21-25-20-7-4-13-24-22(20)27(21)18-12-14-26(15-18)23(28)17-5-2-3-6-17/h4,7-11,13,17-18H,2-3,5-6,12,14-15H2,1H3/t18-/m0/s1. The summed E-state index contributed by atoms with van der Waals surface area (Å²) in [6.45, 7) is 1.55. The molecule has 0 unspecified atom stereocenters. The van der Waals surface area contributed by atoms with Gasteiger partial charge in [-0.05, 0) is 55.7 Å². The number of amides is 1. The minimum atomic E-state index is 0.192. The van der Waals surface area contributed by atoms with Crippen molar-refractivity contribution in [3.63, 3.8) is 0 Å². The van der Waals surface area contributed by atoms with Crippen LogP contribution in [0.25, 0.3) is 22.6 Å². The number of hydrogen-bond acceptors (Lipinski definition) is 4. The second kappa shape index (κ2) is 7.50. The highest BCUT2D eigenvalue weighted by Crippen LogP contribution is 2.34. The van der Waals surface area contributed by atoms with Crippen LogP contribution < -0.4 is 4.74 Å². The number of aromatic nitrogens is 3. The molecule has 1 saturated heterocycles. The monoisotopic (exact) mass is 390 g/mol. The molecule has 0 bridgehead atoms. The zero-order chi connectivity index (χ0) is 19.8. The highest BCUT2D eigenvalue weighted by Gasteiger charge is 2.34. The molecule has 6 nitrogen and oxygen atoms in total. The van der Waals surface area contributed by atoms with E-state index in [1.54, 1.807) is 7.11 Å². The topological polar surface area (TPSA) is 60.3 Å². The van der Waals surface area contributed by atoms with Gasteiger partial charge in [0.25, 0.3) is 0 Å². The zero-order valence-electron chi connectivity index (χ0n) is 16.8. The van der Waals surface area contributed by atoms with Crippen molar-refractivity contribution in [2.45, 2.75) is 38.1 Å². The zero-order valence-corrected chi connectivity index (χ0v) is 16.8. The second-order valence-electron chi connectivity index (χ2n) is 8.09. The largest absolute Gasteiger partial charge is 0.497 e. The molecule has 0 spiro atoms. The molecule has 1 aliphatic carbocycles. The van der Waals surface area contributed by atoms with Gasteiger partial charge >= 0.3 is 0 Å². The van der Waals surface area contributed by atoms with Gasteiger partial charge in [0.15, 0.2) is 5.65 Å². The van der Waals surface area contributed by atoms with Crippen LogP contribution >= 0.6 is 0 Å². The Morgan fingerprint density at radius 2 is 1.90 bits per heavy atom. The summed E-state index contributed by atoms with van der Waals surface area (Å²) in [5.41, 5.74) is 2.81. The number of imidazole rings is 1. The average molecular weight is 390 g/mol. The van der Waals surface area contributed by atoms with E-state index in [0.29, 0.717) is 5.91 Å². The molecule has 3 aromatic rings. The first kappa shape index (κ1) is 18.2. The van der Waals surface area contributed by atoms with Gasteiger partial charge in [-0.3, -0.25) is 4.79 Å². The Morgan fingerprint density at radius 3 is 2.66 bits per heavy atom. The second-order valence-corrected chi connectivity index (χ2v) is 8.09. The van der Waals surface area contributed by atoms with Gasteiger partial charge in [-0.15, -0.1) is 0 Å². The minimum Gasteiger partial charge on any atom is -0.497 e. The summed E-state index contributed by atoms with van der Waals surface area (Å²) in [5.74, 6) is 2.30. The molecule has 6 heteroatoms. The number of rotatable bonds is 4. The van der Waals surface area contributed by atoms with E-state index in [-0.39, 0.29) is 12.0 Å². The van der Waals surface area contributed by atoms with Crippen LogP contribution in [0.15, 0.2) is 42.6 Å². The van der Waals surface area contributed by atoms with Gasteiger partial charge in [0.2, 0.25) is 5.91 Å². The van der Waals surface area contributed by atoms with Gasteiger partial charge in [-0.25, -0.2) is 9.97 Å². The van der Waals surface area contributed by atoms with Crippen LogP contribution in [-0.2, 0) is 4.79 Å². The summed E-state index contributed by atoms with van der Waals surface area (Å²) < 4.78 is 7.53. The van der Waals surface area contributed by atoms with E-state index in [2.05, 4.69) is 14.5 Å². The fourth-order valence-electron chi connectivity index (χ4n) is 4.80. The van der Waals surface area contributed by atoms with Gasteiger partial charge < -0.3 is 14.2 Å². The number of carbonyl (C=O) groups excluding carboxylic acids is 1. The van der Waals surface area contributed by atoms with Crippen LogP contribution in [0.3, 0.4) is 0 Å². The average Bonchev–Trinajstić information content (AvgIpc) is 3.52. The Balaban J connectivity index is 1.49. The van der Waals surface area contributed by atoms with Crippen molar-refractivity contribution in [2.24, 2.45) is 5.92 Å². The first-order valence-corrected chi connectivity index (χ1v) is 10.5. The number of carbonyl (C=O) groups is 1. The van der Waals surface area contributed by atoms with E-state index in [1.165, 1.54) is 12.8 Å². The van der Waals surface area contributed by atoms with E-state index >= 15 is 0 Å². The van der Waals surface area contributed by atoms with Gasteiger partial charge in [-0.1, -0.05) is 12.8 Å². The molecule has 150 valence electrons. The van der Waals surface area contributed by atoms with Crippen LogP contribution in [0, 0.1) is 5.92 Å². The molecule has 1 aromatic carbocycles. The third-order valence-corrected chi connectivity index (χ3v) is 6.34. The van der Waals surface area contributed by atoms with Gasteiger partial charge in [0.1, 0.15) is 17.1 Å². The Bertz CT molecular complexity index is 1020. The molecule has 2 fully saturated rings. The van der Waals surface area contributed by atoms with E-state index in [0.717, 1.165) is 60.7 Å². The van der Waals surface area contributed by atoms with Gasteiger partial charge in [0, 0.05) is 30.8 Å². The van der Waals surface area contributed by atoms with Crippen molar-refractivity contribution in [3.05, 3.63) is 42.6 Å². The molecule has 29 heavy (non-hydrogen) atoms. The smallest absolute Gasteiger partial charge is 0.225 e. The number of likely N-dealkylation sites (tertiary alicyclic amines) is 1. The molecule has 1 atom stereocenters. The summed E-state index contributed by atoms with van der Waals surface area (Å²) in [4.78, 5) is 24.5. The van der Waals surface area contributed by atoms with Crippen LogP contribution in [-0.4, -0.2) is 45.5 Å². The van der Waals surface area contributed by atoms with Crippen molar-refractivity contribution >= 4 is 17.1 Å². The van der Waals surface area contributed by atoms with E-state index < -0.39 is 0 Å². The predicted octanol–water partition coefficient (Wildman–Crippen LogP) is 4.07. The molecular formula is C23H26N4O2. The lowest BCUT2D eigenvalue weighted by atomic mass is 10.1. The van der Waals surface area contributed by atoms with E-state index in [4.69, 9.17) is 9.72 Å². The number of nitrogens with zero attached hydrogens (tertiary/aromatic N) is 4. The van der Waals surface area contributed by atoms with Crippen molar-refractivity contribution in [2.75, 3.05) is 20.2 Å². The third-order valence-electron chi connectivity index (χ3n) is 6.34. The quantitative estimate of drug-likeness (QED) is 0.674. The summed E-state index contributed by atoms with van der Waals surface area (Å²) in [7, 11) is 1.67. The lowest BCUT2D eigenvalue weighted by molar-refractivity contribution is -0.134. The Kier molecular flexibility index (Phi) is 4.70. The SMILES string of the molecule is COc1ccc(-c2nc3cccnc3n2[C@H]2CCN(C(=O)C3CCCC3)C2)cc1. The molecule has 0 N–H and O–H groups in total. The molecule has 5 rings (SSSR count). The van der Waals surface area contributed by atoms with Crippen molar-refractivity contribution in [1.29, 1.82) is 0 Å². The molecular weight excluding hydrogens is 364 g/mol. The minimum absolute atomic E-state index is 0.192. The maximum absolute atomic E-state index is 12.9. The molecule has 1 amide bonds. The van der Waals surface area contributed by atoms with Crippen LogP contribution in [0.2, 0.25) is 0 Å². The number of hydrogen-bond donors (Lipinski definition) is 0. The van der Waals surface area contributed by atoms with Crippen LogP contribution in [0.4, 0.5) is 0 Å². The Labute approximate surface area is 170 Å². The number of methoxy groups -OCH3 is 1. The van der Waals surface area contributed by atoms with E-state index in [9.17, 15) is 4.79 Å². The molecule has 1 aliphatic heterocycles. The van der Waals surface area contributed by atoms with Crippen molar-refractivity contribution in [3.8, 4) is 17.1 Å². The highest BCUT2D eigenvalue weighted by molar-refractivity contribution is 5.80. The normalized spacial score (nSPS) is 19.9. The summed E-state index contributed by atoms with van der Waals surface area (Å²) in [5, 5.41) is 0. The Hall–Kier alpha value is -2.89. The molecule has 0 radical (unpaired) electrons. The third kappa shape index (κ3) is 3.26. The predicted molar refractivity (Wildman–Crippen MR) is 112 cm³/mol. The summed E-state index contributed by atoms with van der Waals surface area (Å²) in [6, 6.07) is 12.1. The number of fused-ring (bicyclic) bond motifs is 1. The Morgan fingerprint density at radius 1 is 1.10 bits per heavy atom. The van der Waals surface area contributed by atoms with Crippen LogP contribution in [0.1, 0.15) is 38.1 Å². The van der Waals surface area contributed by atoms with E-state index in [1.807, 2.05) is 42.6 Å². The molecule has 3 heterocycles. The summed E-state index contributed by atoms with van der Waals surface area (Å²) >= 11 is 0. The maximum Gasteiger partial charge on any atom is 0.225 e. The number of pyridine rings is 1. The van der Waals surface area contributed by atoms with Crippen LogP contribution in [0.5, 0.6) is 5.75 Å². The highest BCUT2D eigenvalue weighted by atomic mass is 16.5. The molecule has 1 saturated carbocycles. The number of benzene rings is 1. The lowest BCUT2D eigenvalue weighted by Crippen LogP contribution is -2.33. The fourth-order valence-corrected chi connectivity index (χ4v) is 4.80. The van der Waals surface area contributed by atoms with Gasteiger partial charge in [-0.2, -0.15) is 0 Å². The summed E-state index contributed by atoms with van der Waals surface area (Å²) in [6.07, 6.45) is 7.22. The first-order chi connectivity index (χ1) is 14.2. The van der Waals surface area contributed by atoms with Gasteiger partial charge in [0.05, 0.1) is 13.2 Å².